The van der Waals surface area contributed by atoms with E-state index in [9.17, 15) is 4.79 Å². The fourth-order valence-corrected chi connectivity index (χ4v) is 3.19. The third-order valence-electron chi connectivity index (χ3n) is 4.94. The first-order valence-corrected chi connectivity index (χ1v) is 8.51. The molecule has 1 fully saturated rings. The fourth-order valence-electron chi connectivity index (χ4n) is 3.19. The Morgan fingerprint density at radius 3 is 2.67 bits per heavy atom. The van der Waals surface area contributed by atoms with Crippen LogP contribution < -0.4 is 11.1 Å². The molecule has 0 aliphatic carbocycles. The Kier molecular flexibility index (Phi) is 4.86. The predicted molar refractivity (Wildman–Crippen MR) is 98.7 cm³/mol. The first kappa shape index (κ1) is 16.5. The first-order chi connectivity index (χ1) is 11.6. The predicted octanol–water partition coefficient (Wildman–Crippen LogP) is 3.47. The molecule has 1 saturated heterocycles. The van der Waals surface area contributed by atoms with E-state index in [0.29, 0.717) is 12.5 Å². The van der Waals surface area contributed by atoms with E-state index in [2.05, 4.69) is 25.2 Å². The van der Waals surface area contributed by atoms with Gasteiger partial charge in [-0.15, -0.1) is 0 Å². The summed E-state index contributed by atoms with van der Waals surface area (Å²) < 4.78 is 0. The summed E-state index contributed by atoms with van der Waals surface area (Å²) in [5.74, 6) is 0.507. The average Bonchev–Trinajstić information content (AvgIpc) is 3.08. The van der Waals surface area contributed by atoms with Crippen LogP contribution in [0.2, 0.25) is 0 Å². The van der Waals surface area contributed by atoms with Crippen LogP contribution in [-0.4, -0.2) is 30.4 Å². The lowest BCUT2D eigenvalue weighted by Gasteiger charge is -2.20. The molecule has 2 aromatic carbocycles. The lowest BCUT2D eigenvalue weighted by Crippen LogP contribution is -2.30. The highest BCUT2D eigenvalue weighted by Gasteiger charge is 2.27. The van der Waals surface area contributed by atoms with E-state index >= 15 is 0 Å². The second kappa shape index (κ2) is 7.05. The number of rotatable bonds is 4. The molecule has 1 amide bonds. The number of hydrogen-bond acceptors (Lipinski definition) is 3. The third kappa shape index (κ3) is 3.29. The molecule has 1 atom stereocenters. The maximum absolute atomic E-state index is 12.9. The minimum atomic E-state index is 0.0827. The van der Waals surface area contributed by atoms with Gasteiger partial charge in [-0.2, -0.15) is 0 Å². The molecule has 126 valence electrons. The molecule has 1 aliphatic rings. The molecule has 3 rings (SSSR count). The van der Waals surface area contributed by atoms with Crippen molar-refractivity contribution in [3.05, 3.63) is 59.2 Å². The van der Waals surface area contributed by atoms with Gasteiger partial charge in [-0.3, -0.25) is 4.79 Å². The van der Waals surface area contributed by atoms with E-state index in [1.165, 1.54) is 11.1 Å². The molecule has 0 bridgehead atoms. The van der Waals surface area contributed by atoms with Crippen molar-refractivity contribution in [1.82, 2.24) is 4.90 Å². The zero-order valence-electron chi connectivity index (χ0n) is 14.4. The second-order valence-corrected chi connectivity index (χ2v) is 6.56. The molecule has 0 radical (unpaired) electrons. The van der Waals surface area contributed by atoms with E-state index in [1.54, 1.807) is 0 Å². The van der Waals surface area contributed by atoms with E-state index in [-0.39, 0.29) is 5.91 Å². The zero-order valence-corrected chi connectivity index (χ0v) is 14.4. The van der Waals surface area contributed by atoms with Crippen molar-refractivity contribution in [1.29, 1.82) is 0 Å². The van der Waals surface area contributed by atoms with Crippen LogP contribution in [0.15, 0.2) is 42.5 Å². The summed E-state index contributed by atoms with van der Waals surface area (Å²) in [5, 5.41) is 3.44. The van der Waals surface area contributed by atoms with E-state index in [1.807, 2.05) is 41.3 Å². The number of nitrogens with zero attached hydrogens (tertiary/aromatic N) is 1. The summed E-state index contributed by atoms with van der Waals surface area (Å²) >= 11 is 0. The van der Waals surface area contributed by atoms with Gasteiger partial charge in [0.1, 0.15) is 0 Å². The Bertz CT molecular complexity index is 741. The highest BCUT2D eigenvalue weighted by Crippen LogP contribution is 2.27. The summed E-state index contributed by atoms with van der Waals surface area (Å²) in [6.07, 6.45) is 0.995. The zero-order chi connectivity index (χ0) is 17.1. The molecule has 1 aliphatic heterocycles. The second-order valence-electron chi connectivity index (χ2n) is 6.56. The summed E-state index contributed by atoms with van der Waals surface area (Å²) in [4.78, 5) is 14.8. The van der Waals surface area contributed by atoms with E-state index < -0.39 is 0 Å². The molecule has 0 aromatic heterocycles. The Labute approximate surface area is 143 Å². The van der Waals surface area contributed by atoms with Crippen molar-refractivity contribution in [3.63, 3.8) is 0 Å². The van der Waals surface area contributed by atoms with Crippen molar-refractivity contribution in [3.8, 4) is 0 Å². The van der Waals surface area contributed by atoms with Gasteiger partial charge < -0.3 is 16.0 Å². The van der Waals surface area contributed by atoms with Crippen LogP contribution in [0.3, 0.4) is 0 Å². The Morgan fingerprint density at radius 1 is 1.17 bits per heavy atom. The van der Waals surface area contributed by atoms with Gasteiger partial charge in [0.05, 0.1) is 11.3 Å². The maximum atomic E-state index is 12.9. The first-order valence-electron chi connectivity index (χ1n) is 8.51. The molecule has 1 unspecified atom stereocenters. The number of carbonyl (C=O) groups is 1. The normalized spacial score (nSPS) is 17.1. The molecular weight excluding hydrogens is 298 g/mol. The van der Waals surface area contributed by atoms with Crippen LogP contribution in [0.1, 0.15) is 27.9 Å². The minimum Gasteiger partial charge on any atom is -0.355 e. The van der Waals surface area contributed by atoms with Crippen LogP contribution in [-0.2, 0) is 0 Å². The third-order valence-corrected chi connectivity index (χ3v) is 4.94. The number of likely N-dealkylation sites (tertiary alicyclic amines) is 1. The molecule has 4 nitrogen and oxygen atoms in total. The van der Waals surface area contributed by atoms with Gasteiger partial charge in [-0.25, -0.2) is 0 Å². The standard InChI is InChI=1S/C20H25N3O/c1-14-6-5-9-18(15(14)2)22-19-8-4-3-7-17(19)20(24)23-11-10-16(12-21)13-23/h3-9,16,22H,10-13,21H2,1-2H3. The van der Waals surface area contributed by atoms with Crippen molar-refractivity contribution >= 4 is 17.3 Å². The molecule has 3 N–H and O–H groups in total. The fraction of sp³-hybridized carbons (Fsp3) is 0.350. The number of aryl methyl sites for hydroxylation is 1. The highest BCUT2D eigenvalue weighted by atomic mass is 16.2. The largest absolute Gasteiger partial charge is 0.355 e. The number of nitrogens with two attached hydrogens (primary N) is 1. The number of hydrogen-bond donors (Lipinski definition) is 2. The van der Waals surface area contributed by atoms with Gasteiger partial charge in [-0.1, -0.05) is 24.3 Å². The summed E-state index contributed by atoms with van der Waals surface area (Å²) in [5.41, 5.74) is 10.8. The SMILES string of the molecule is Cc1cccc(Nc2ccccc2C(=O)N2CCC(CN)C2)c1C. The number of carbonyl (C=O) groups excluding carboxylic acids is 1. The molecule has 0 saturated carbocycles. The minimum absolute atomic E-state index is 0.0827. The Morgan fingerprint density at radius 2 is 1.92 bits per heavy atom. The molecule has 4 heteroatoms. The summed E-state index contributed by atoms with van der Waals surface area (Å²) in [7, 11) is 0. The highest BCUT2D eigenvalue weighted by molar-refractivity contribution is 6.00. The summed E-state index contributed by atoms with van der Waals surface area (Å²) in [6.45, 7) is 6.38. The van der Waals surface area contributed by atoms with Gasteiger partial charge >= 0.3 is 0 Å². The molecule has 2 aromatic rings. The van der Waals surface area contributed by atoms with Crippen LogP contribution >= 0.6 is 0 Å². The average molecular weight is 323 g/mol. The van der Waals surface area contributed by atoms with Gasteiger partial charge in [0.25, 0.3) is 5.91 Å². The molecule has 0 spiro atoms. The van der Waals surface area contributed by atoms with E-state index in [4.69, 9.17) is 5.73 Å². The van der Waals surface area contributed by atoms with Crippen molar-refractivity contribution < 1.29 is 4.79 Å². The number of para-hydroxylation sites is 1. The lowest BCUT2D eigenvalue weighted by atomic mass is 10.1. The van der Waals surface area contributed by atoms with Crippen LogP contribution in [0, 0.1) is 19.8 Å². The van der Waals surface area contributed by atoms with Crippen LogP contribution in [0.5, 0.6) is 0 Å². The van der Waals surface area contributed by atoms with Crippen molar-refractivity contribution in [2.24, 2.45) is 11.7 Å². The molecule has 1 heterocycles. The smallest absolute Gasteiger partial charge is 0.255 e. The number of amides is 1. The van der Waals surface area contributed by atoms with Gasteiger partial charge in [0.2, 0.25) is 0 Å². The van der Waals surface area contributed by atoms with Gasteiger partial charge in [0.15, 0.2) is 0 Å². The Balaban J connectivity index is 1.86. The monoisotopic (exact) mass is 323 g/mol. The number of benzene rings is 2. The van der Waals surface area contributed by atoms with Crippen molar-refractivity contribution in [2.45, 2.75) is 20.3 Å². The number of nitrogens with one attached hydrogen (secondary N) is 1. The van der Waals surface area contributed by atoms with E-state index in [0.717, 1.165) is 36.4 Å². The summed E-state index contributed by atoms with van der Waals surface area (Å²) in [6, 6.07) is 13.9. The topological polar surface area (TPSA) is 58.4 Å². The van der Waals surface area contributed by atoms with Gasteiger partial charge in [0, 0.05) is 18.8 Å². The number of anilines is 2. The van der Waals surface area contributed by atoms with Crippen molar-refractivity contribution in [2.75, 3.05) is 25.0 Å². The lowest BCUT2D eigenvalue weighted by molar-refractivity contribution is 0.0788. The van der Waals surface area contributed by atoms with Gasteiger partial charge in [-0.05, 0) is 62.1 Å². The quantitative estimate of drug-likeness (QED) is 0.906. The Hall–Kier alpha value is -2.33. The molecular formula is C20H25N3O. The molecule has 24 heavy (non-hydrogen) atoms. The maximum Gasteiger partial charge on any atom is 0.255 e. The van der Waals surface area contributed by atoms with Crippen LogP contribution in [0.25, 0.3) is 0 Å². The van der Waals surface area contributed by atoms with Crippen LogP contribution in [0.4, 0.5) is 11.4 Å².